The minimum atomic E-state index is -0.760. The number of amides is 2. The molecule has 1 aliphatic rings. The molecule has 0 unspecified atom stereocenters. The number of aryl methyl sites for hydroxylation is 1. The number of hydrogen-bond acceptors (Lipinski definition) is 3. The van der Waals surface area contributed by atoms with E-state index < -0.39 is 6.10 Å². The highest BCUT2D eigenvalue weighted by atomic mass is 16.3. The van der Waals surface area contributed by atoms with Gasteiger partial charge in [-0.1, -0.05) is 74.0 Å². The van der Waals surface area contributed by atoms with Gasteiger partial charge >= 0.3 is 0 Å². The van der Waals surface area contributed by atoms with Crippen LogP contribution in [0, 0.1) is 18.8 Å². The smallest absolute Gasteiger partial charge is 0.227 e. The molecule has 5 nitrogen and oxygen atoms in total. The second kappa shape index (κ2) is 10.6. The van der Waals surface area contributed by atoms with Crippen LogP contribution in [0.3, 0.4) is 0 Å². The number of carbonyl (C=O) groups excluding carboxylic acids is 2. The van der Waals surface area contributed by atoms with Crippen LogP contribution in [0.1, 0.15) is 49.5 Å². The molecule has 2 amide bonds. The molecule has 1 saturated heterocycles. The average Bonchev–Trinajstić information content (AvgIpc) is 2.78. The van der Waals surface area contributed by atoms with Crippen molar-refractivity contribution >= 4 is 11.8 Å². The molecule has 1 aliphatic heterocycles. The van der Waals surface area contributed by atoms with Gasteiger partial charge in [-0.25, -0.2) is 0 Å². The normalized spacial score (nSPS) is 17.5. The first kappa shape index (κ1) is 23.0. The molecule has 2 aromatic rings. The second-order valence-corrected chi connectivity index (χ2v) is 8.91. The van der Waals surface area contributed by atoms with Crippen molar-refractivity contribution in [2.45, 2.75) is 46.3 Å². The quantitative estimate of drug-likeness (QED) is 0.735. The molecule has 0 radical (unpaired) electrons. The highest BCUT2D eigenvalue weighted by Crippen LogP contribution is 2.24. The van der Waals surface area contributed by atoms with Gasteiger partial charge in [0.05, 0.1) is 18.6 Å². The lowest BCUT2D eigenvalue weighted by Gasteiger charge is -2.36. The number of nitrogens with zero attached hydrogens (tertiary/aromatic N) is 2. The number of hydrogen-bond donors (Lipinski definition) is 1. The van der Waals surface area contributed by atoms with Crippen molar-refractivity contribution < 1.29 is 14.7 Å². The summed E-state index contributed by atoms with van der Waals surface area (Å²) in [6.45, 7) is 7.63. The lowest BCUT2D eigenvalue weighted by Crippen LogP contribution is -2.48. The molecule has 0 spiro atoms. The fourth-order valence-electron chi connectivity index (χ4n) is 4.23. The van der Waals surface area contributed by atoms with Gasteiger partial charge in [0.2, 0.25) is 11.8 Å². The third-order valence-electron chi connectivity index (χ3n) is 5.92. The Kier molecular flexibility index (Phi) is 7.85. The summed E-state index contributed by atoms with van der Waals surface area (Å²) in [5, 5.41) is 10.9. The van der Waals surface area contributed by atoms with Gasteiger partial charge in [0.1, 0.15) is 0 Å². The van der Waals surface area contributed by atoms with Gasteiger partial charge < -0.3 is 14.9 Å². The maximum absolute atomic E-state index is 13.6. The molecule has 0 saturated carbocycles. The molecule has 5 heteroatoms. The van der Waals surface area contributed by atoms with Crippen molar-refractivity contribution in [1.82, 2.24) is 9.80 Å². The molecule has 1 heterocycles. The molecular formula is C26H34N2O3. The van der Waals surface area contributed by atoms with Gasteiger partial charge in [-0.05, 0) is 30.9 Å². The van der Waals surface area contributed by atoms with E-state index in [1.165, 1.54) is 0 Å². The molecule has 2 aromatic carbocycles. The summed E-state index contributed by atoms with van der Waals surface area (Å²) in [5.74, 6) is -0.189. The molecule has 0 aliphatic carbocycles. The molecule has 3 rings (SSSR count). The summed E-state index contributed by atoms with van der Waals surface area (Å²) in [4.78, 5) is 29.6. The third kappa shape index (κ3) is 6.17. The summed E-state index contributed by atoms with van der Waals surface area (Å²) < 4.78 is 0. The first-order valence-corrected chi connectivity index (χ1v) is 11.2. The summed E-state index contributed by atoms with van der Waals surface area (Å²) in [7, 11) is 0. The Morgan fingerprint density at radius 3 is 2.55 bits per heavy atom. The molecule has 1 fully saturated rings. The lowest BCUT2D eigenvalue weighted by molar-refractivity contribution is -0.143. The minimum Gasteiger partial charge on any atom is -0.387 e. The largest absolute Gasteiger partial charge is 0.387 e. The van der Waals surface area contributed by atoms with Crippen molar-refractivity contribution in [3.05, 3.63) is 71.3 Å². The fourth-order valence-corrected chi connectivity index (χ4v) is 4.23. The van der Waals surface area contributed by atoms with Gasteiger partial charge in [0.25, 0.3) is 0 Å². The van der Waals surface area contributed by atoms with E-state index in [1.54, 1.807) is 4.90 Å². The number of piperidine rings is 1. The summed E-state index contributed by atoms with van der Waals surface area (Å²) in [6, 6.07) is 17.6. The van der Waals surface area contributed by atoms with Crippen LogP contribution in [-0.4, -0.2) is 46.4 Å². The standard InChI is InChI=1S/C26H34N2O3/c1-19(2)25(30)27-14-8-13-23(17-27)26(31)28(16-21-10-5-4-6-11-21)18-24(29)22-12-7-9-20(3)15-22/h4-7,9-12,15,19,23-24,29H,8,13-14,16-18H2,1-3H3/t23-,24+/m1/s1. The number of aliphatic hydroxyl groups is 1. The Morgan fingerprint density at radius 1 is 1.13 bits per heavy atom. The predicted molar refractivity (Wildman–Crippen MR) is 122 cm³/mol. The summed E-state index contributed by atoms with van der Waals surface area (Å²) in [5.41, 5.74) is 2.91. The maximum atomic E-state index is 13.6. The van der Waals surface area contributed by atoms with E-state index in [4.69, 9.17) is 0 Å². The van der Waals surface area contributed by atoms with Crippen LogP contribution < -0.4 is 0 Å². The number of aliphatic hydroxyl groups excluding tert-OH is 1. The van der Waals surface area contributed by atoms with Crippen molar-refractivity contribution in [2.24, 2.45) is 11.8 Å². The van der Waals surface area contributed by atoms with E-state index in [9.17, 15) is 14.7 Å². The number of likely N-dealkylation sites (tertiary alicyclic amines) is 1. The molecule has 31 heavy (non-hydrogen) atoms. The van der Waals surface area contributed by atoms with Crippen LogP contribution in [0.5, 0.6) is 0 Å². The average molecular weight is 423 g/mol. The Hall–Kier alpha value is -2.66. The molecule has 0 aromatic heterocycles. The van der Waals surface area contributed by atoms with Gasteiger partial charge in [-0.3, -0.25) is 9.59 Å². The topological polar surface area (TPSA) is 60.9 Å². The van der Waals surface area contributed by atoms with Gasteiger partial charge in [0, 0.05) is 25.6 Å². The highest BCUT2D eigenvalue weighted by Gasteiger charge is 2.32. The first-order valence-electron chi connectivity index (χ1n) is 11.2. The van der Waals surface area contributed by atoms with E-state index in [2.05, 4.69) is 0 Å². The number of rotatable bonds is 7. The van der Waals surface area contributed by atoms with Crippen LogP contribution in [-0.2, 0) is 16.1 Å². The Bertz CT molecular complexity index is 881. The van der Waals surface area contributed by atoms with Crippen molar-refractivity contribution in [3.63, 3.8) is 0 Å². The molecule has 166 valence electrons. The Balaban J connectivity index is 1.78. The van der Waals surface area contributed by atoms with Gasteiger partial charge in [-0.15, -0.1) is 0 Å². The zero-order valence-electron chi connectivity index (χ0n) is 18.8. The van der Waals surface area contributed by atoms with E-state index in [0.717, 1.165) is 29.5 Å². The minimum absolute atomic E-state index is 0.0109. The second-order valence-electron chi connectivity index (χ2n) is 8.91. The van der Waals surface area contributed by atoms with Crippen LogP contribution in [0.2, 0.25) is 0 Å². The van der Waals surface area contributed by atoms with E-state index >= 15 is 0 Å². The highest BCUT2D eigenvalue weighted by molar-refractivity contribution is 5.82. The third-order valence-corrected chi connectivity index (χ3v) is 5.92. The SMILES string of the molecule is Cc1cccc([C@@H](O)CN(Cc2ccccc2)C(=O)[C@@H]2CCCN(C(=O)C(C)C)C2)c1. The first-order chi connectivity index (χ1) is 14.8. The van der Waals surface area contributed by atoms with Crippen molar-refractivity contribution in [2.75, 3.05) is 19.6 Å². The van der Waals surface area contributed by atoms with E-state index in [0.29, 0.717) is 19.6 Å². The molecule has 2 atom stereocenters. The van der Waals surface area contributed by atoms with Crippen LogP contribution in [0.15, 0.2) is 54.6 Å². The Labute approximate surface area is 185 Å². The monoisotopic (exact) mass is 422 g/mol. The van der Waals surface area contributed by atoms with Crippen LogP contribution in [0.25, 0.3) is 0 Å². The van der Waals surface area contributed by atoms with Gasteiger partial charge in [0.15, 0.2) is 0 Å². The van der Waals surface area contributed by atoms with Crippen LogP contribution >= 0.6 is 0 Å². The van der Waals surface area contributed by atoms with Crippen molar-refractivity contribution in [3.8, 4) is 0 Å². The molecule has 1 N–H and O–H groups in total. The fraction of sp³-hybridized carbons (Fsp3) is 0.462. The number of carbonyl (C=O) groups is 2. The van der Waals surface area contributed by atoms with E-state index in [-0.39, 0.29) is 30.2 Å². The molecular weight excluding hydrogens is 388 g/mol. The Morgan fingerprint density at radius 2 is 1.87 bits per heavy atom. The predicted octanol–water partition coefficient (Wildman–Crippen LogP) is 3.95. The maximum Gasteiger partial charge on any atom is 0.227 e. The zero-order valence-corrected chi connectivity index (χ0v) is 18.8. The molecule has 0 bridgehead atoms. The number of benzene rings is 2. The van der Waals surface area contributed by atoms with Crippen LogP contribution in [0.4, 0.5) is 0 Å². The summed E-state index contributed by atoms with van der Waals surface area (Å²) in [6.07, 6.45) is 0.839. The summed E-state index contributed by atoms with van der Waals surface area (Å²) >= 11 is 0. The van der Waals surface area contributed by atoms with E-state index in [1.807, 2.05) is 80.3 Å². The lowest BCUT2D eigenvalue weighted by atomic mass is 9.94. The zero-order chi connectivity index (χ0) is 22.4. The van der Waals surface area contributed by atoms with Gasteiger partial charge in [-0.2, -0.15) is 0 Å². The van der Waals surface area contributed by atoms with Crippen molar-refractivity contribution in [1.29, 1.82) is 0 Å².